The molecule has 0 aliphatic heterocycles. The minimum absolute atomic E-state index is 0.0614. The number of methoxy groups -OCH3 is 1. The first-order valence-electron chi connectivity index (χ1n) is 7.13. The molecule has 2 nitrogen and oxygen atoms in total. The van der Waals surface area contributed by atoms with Crippen molar-refractivity contribution < 1.29 is 9.53 Å². The van der Waals surface area contributed by atoms with E-state index in [1.807, 2.05) is 49.4 Å². The van der Waals surface area contributed by atoms with Gasteiger partial charge in [-0.1, -0.05) is 45.0 Å². The molecule has 110 valence electrons. The van der Waals surface area contributed by atoms with Gasteiger partial charge in [0, 0.05) is 11.1 Å². The Hall–Kier alpha value is -2.09. The van der Waals surface area contributed by atoms with Gasteiger partial charge >= 0.3 is 0 Å². The summed E-state index contributed by atoms with van der Waals surface area (Å²) in [6.45, 7) is 8.32. The molecular formula is C19H22O2. The lowest BCUT2D eigenvalue weighted by molar-refractivity contribution is 0.103. The van der Waals surface area contributed by atoms with E-state index >= 15 is 0 Å². The summed E-state index contributed by atoms with van der Waals surface area (Å²) in [5.41, 5.74) is 3.45. The fraction of sp³-hybridized carbons (Fsp3) is 0.316. The summed E-state index contributed by atoms with van der Waals surface area (Å²) >= 11 is 0. The average Bonchev–Trinajstić information content (AvgIpc) is 2.45. The van der Waals surface area contributed by atoms with Crippen molar-refractivity contribution >= 4 is 5.78 Å². The van der Waals surface area contributed by atoms with Crippen LogP contribution in [0.4, 0.5) is 0 Å². The van der Waals surface area contributed by atoms with Gasteiger partial charge in [0.2, 0.25) is 0 Å². The molecule has 2 aromatic rings. The Labute approximate surface area is 126 Å². The SMILES string of the molecule is COc1ccc(C(=O)c2ccccc2C(C)(C)C)cc1C. The maximum Gasteiger partial charge on any atom is 0.193 e. The average molecular weight is 282 g/mol. The van der Waals surface area contributed by atoms with Gasteiger partial charge < -0.3 is 4.74 Å². The maximum atomic E-state index is 12.8. The van der Waals surface area contributed by atoms with Crippen LogP contribution in [0, 0.1) is 6.92 Å². The number of ether oxygens (including phenoxy) is 1. The second-order valence-electron chi connectivity index (χ2n) is 6.31. The van der Waals surface area contributed by atoms with E-state index in [0.29, 0.717) is 5.56 Å². The number of carbonyl (C=O) groups excluding carboxylic acids is 1. The third kappa shape index (κ3) is 3.15. The molecule has 0 unspecified atom stereocenters. The zero-order valence-corrected chi connectivity index (χ0v) is 13.4. The van der Waals surface area contributed by atoms with Gasteiger partial charge in [0.05, 0.1) is 7.11 Å². The van der Waals surface area contributed by atoms with E-state index < -0.39 is 0 Å². The van der Waals surface area contributed by atoms with Crippen molar-refractivity contribution in [3.8, 4) is 5.75 Å². The predicted octanol–water partition coefficient (Wildman–Crippen LogP) is 4.53. The van der Waals surface area contributed by atoms with Gasteiger partial charge in [-0.2, -0.15) is 0 Å². The van der Waals surface area contributed by atoms with E-state index in [4.69, 9.17) is 4.74 Å². The molecule has 2 aromatic carbocycles. The molecule has 0 bridgehead atoms. The Bertz CT molecular complexity index is 664. The van der Waals surface area contributed by atoms with Crippen LogP contribution in [0.1, 0.15) is 47.8 Å². The van der Waals surface area contributed by atoms with Crippen LogP contribution in [-0.4, -0.2) is 12.9 Å². The highest BCUT2D eigenvalue weighted by atomic mass is 16.5. The van der Waals surface area contributed by atoms with Crippen molar-refractivity contribution in [1.82, 2.24) is 0 Å². The smallest absolute Gasteiger partial charge is 0.193 e. The normalized spacial score (nSPS) is 11.3. The summed E-state index contributed by atoms with van der Waals surface area (Å²) in [5.74, 6) is 0.863. The summed E-state index contributed by atoms with van der Waals surface area (Å²) in [5, 5.41) is 0. The number of rotatable bonds is 3. The molecule has 0 N–H and O–H groups in total. The number of benzene rings is 2. The lowest BCUT2D eigenvalue weighted by atomic mass is 9.82. The molecule has 0 amide bonds. The van der Waals surface area contributed by atoms with Crippen molar-refractivity contribution in [1.29, 1.82) is 0 Å². The number of hydrogen-bond donors (Lipinski definition) is 0. The monoisotopic (exact) mass is 282 g/mol. The van der Waals surface area contributed by atoms with Crippen molar-refractivity contribution in [3.63, 3.8) is 0 Å². The van der Waals surface area contributed by atoms with Gasteiger partial charge in [-0.15, -0.1) is 0 Å². The number of carbonyl (C=O) groups is 1. The minimum Gasteiger partial charge on any atom is -0.496 e. The molecule has 0 saturated carbocycles. The maximum absolute atomic E-state index is 12.8. The summed E-state index contributed by atoms with van der Waals surface area (Å²) < 4.78 is 5.25. The van der Waals surface area contributed by atoms with Crippen LogP contribution < -0.4 is 4.74 Å². The Morgan fingerprint density at radius 2 is 1.71 bits per heavy atom. The molecule has 0 aromatic heterocycles. The van der Waals surface area contributed by atoms with Crippen molar-refractivity contribution in [3.05, 3.63) is 64.7 Å². The van der Waals surface area contributed by atoms with Crippen LogP contribution in [0.3, 0.4) is 0 Å². The first-order valence-corrected chi connectivity index (χ1v) is 7.13. The minimum atomic E-state index is -0.0617. The van der Waals surface area contributed by atoms with Crippen molar-refractivity contribution in [2.75, 3.05) is 7.11 Å². The first kappa shape index (κ1) is 15.3. The highest BCUT2D eigenvalue weighted by molar-refractivity contribution is 6.10. The molecule has 0 aliphatic rings. The van der Waals surface area contributed by atoms with E-state index in [1.165, 1.54) is 0 Å². The lowest BCUT2D eigenvalue weighted by Gasteiger charge is -2.22. The van der Waals surface area contributed by atoms with Gasteiger partial charge in [0.1, 0.15) is 5.75 Å². The number of ketones is 1. The van der Waals surface area contributed by atoms with Gasteiger partial charge in [0.25, 0.3) is 0 Å². The van der Waals surface area contributed by atoms with E-state index in [2.05, 4.69) is 20.8 Å². The van der Waals surface area contributed by atoms with Gasteiger partial charge in [0.15, 0.2) is 5.78 Å². The van der Waals surface area contributed by atoms with E-state index in [0.717, 1.165) is 22.4 Å². The summed E-state index contributed by atoms with van der Waals surface area (Å²) in [7, 11) is 1.64. The van der Waals surface area contributed by atoms with Gasteiger partial charge in [-0.3, -0.25) is 4.79 Å². The second-order valence-corrected chi connectivity index (χ2v) is 6.31. The molecule has 2 heteroatoms. The topological polar surface area (TPSA) is 26.3 Å². The quantitative estimate of drug-likeness (QED) is 0.773. The zero-order valence-electron chi connectivity index (χ0n) is 13.4. The van der Waals surface area contributed by atoms with E-state index in [1.54, 1.807) is 7.11 Å². The second kappa shape index (κ2) is 5.72. The molecule has 0 spiro atoms. The number of hydrogen-bond acceptors (Lipinski definition) is 2. The summed E-state index contributed by atoms with van der Waals surface area (Å²) in [6.07, 6.45) is 0. The van der Waals surface area contributed by atoms with Crippen LogP contribution in [0.2, 0.25) is 0 Å². The van der Waals surface area contributed by atoms with Gasteiger partial charge in [-0.25, -0.2) is 0 Å². The molecule has 0 radical (unpaired) electrons. The Kier molecular flexibility index (Phi) is 4.17. The van der Waals surface area contributed by atoms with Crippen molar-refractivity contribution in [2.45, 2.75) is 33.1 Å². The Morgan fingerprint density at radius 1 is 1.05 bits per heavy atom. The molecule has 2 rings (SSSR count). The van der Waals surface area contributed by atoms with Crippen LogP contribution >= 0.6 is 0 Å². The molecule has 0 heterocycles. The third-order valence-corrected chi connectivity index (χ3v) is 3.64. The van der Waals surface area contributed by atoms with Gasteiger partial charge in [-0.05, 0) is 41.7 Å². The van der Waals surface area contributed by atoms with Crippen LogP contribution in [0.5, 0.6) is 5.75 Å². The first-order chi connectivity index (χ1) is 9.84. The molecule has 0 atom stereocenters. The molecule has 21 heavy (non-hydrogen) atoms. The standard InChI is InChI=1S/C19H22O2/c1-13-12-14(10-11-17(13)21-5)18(20)15-8-6-7-9-16(15)19(2,3)4/h6-12H,1-5H3. The Morgan fingerprint density at radius 3 is 2.29 bits per heavy atom. The van der Waals surface area contributed by atoms with Crippen LogP contribution in [-0.2, 0) is 5.41 Å². The third-order valence-electron chi connectivity index (χ3n) is 3.64. The summed E-state index contributed by atoms with van der Waals surface area (Å²) in [4.78, 5) is 12.8. The molecule has 0 fully saturated rings. The van der Waals surface area contributed by atoms with E-state index in [-0.39, 0.29) is 11.2 Å². The highest BCUT2D eigenvalue weighted by Gasteiger charge is 2.22. The largest absolute Gasteiger partial charge is 0.496 e. The Balaban J connectivity index is 2.48. The molecular weight excluding hydrogens is 260 g/mol. The highest BCUT2D eigenvalue weighted by Crippen LogP contribution is 2.28. The lowest BCUT2D eigenvalue weighted by Crippen LogP contribution is -2.17. The molecule has 0 saturated heterocycles. The van der Waals surface area contributed by atoms with Crippen molar-refractivity contribution in [2.24, 2.45) is 0 Å². The van der Waals surface area contributed by atoms with Crippen LogP contribution in [0.15, 0.2) is 42.5 Å². The zero-order chi connectivity index (χ0) is 15.6. The predicted molar refractivity (Wildman–Crippen MR) is 86.3 cm³/mol. The molecule has 0 aliphatic carbocycles. The van der Waals surface area contributed by atoms with Crippen LogP contribution in [0.25, 0.3) is 0 Å². The summed E-state index contributed by atoms with van der Waals surface area (Å²) in [6, 6.07) is 13.4. The fourth-order valence-electron chi connectivity index (χ4n) is 2.51. The van der Waals surface area contributed by atoms with E-state index in [9.17, 15) is 4.79 Å². The fourth-order valence-corrected chi connectivity index (χ4v) is 2.51. The number of aryl methyl sites for hydroxylation is 1.